The first-order valence-electron chi connectivity index (χ1n) is 16.4. The predicted molar refractivity (Wildman–Crippen MR) is 176 cm³/mol. The minimum atomic E-state index is -0.501. The average Bonchev–Trinajstić information content (AvgIpc) is 3.06. The van der Waals surface area contributed by atoms with E-state index in [0.29, 0.717) is 18.3 Å². The van der Waals surface area contributed by atoms with Gasteiger partial charge in [0.1, 0.15) is 17.9 Å². The summed E-state index contributed by atoms with van der Waals surface area (Å²) in [5.41, 5.74) is 1.20. The Bertz CT molecular complexity index is 1510. The quantitative estimate of drug-likeness (QED) is 0.307. The Hall–Kier alpha value is -4.19. The van der Waals surface area contributed by atoms with Gasteiger partial charge in [-0.25, -0.2) is 9.37 Å². The van der Waals surface area contributed by atoms with Crippen LogP contribution in [0.1, 0.15) is 62.5 Å². The topological polar surface area (TPSA) is 104 Å². The first-order chi connectivity index (χ1) is 22.3. The molecule has 3 saturated heterocycles. The van der Waals surface area contributed by atoms with Crippen molar-refractivity contribution >= 4 is 23.6 Å². The fourth-order valence-electron chi connectivity index (χ4n) is 7.06. The van der Waals surface area contributed by atoms with E-state index in [1.807, 2.05) is 32.9 Å². The van der Waals surface area contributed by atoms with Gasteiger partial charge in [0, 0.05) is 50.7 Å². The molecule has 0 N–H and O–H groups in total. The van der Waals surface area contributed by atoms with Crippen LogP contribution in [0.25, 0.3) is 6.08 Å². The second-order valence-electron chi connectivity index (χ2n) is 13.1. The summed E-state index contributed by atoms with van der Waals surface area (Å²) in [6.45, 7) is 17.1. The van der Waals surface area contributed by atoms with Crippen LogP contribution in [0.5, 0.6) is 11.6 Å². The number of carbonyl (C=O) groups excluding carboxylic acids is 1. The molecule has 5 heterocycles. The van der Waals surface area contributed by atoms with Gasteiger partial charge in [-0.1, -0.05) is 6.58 Å². The fraction of sp³-hybridized carbons (Fsp3) is 0.529. The van der Waals surface area contributed by atoms with Crippen molar-refractivity contribution in [2.24, 2.45) is 11.3 Å². The molecule has 0 aliphatic carbocycles. The highest BCUT2D eigenvalue weighted by Crippen LogP contribution is 2.44. The van der Waals surface area contributed by atoms with Crippen LogP contribution in [-0.4, -0.2) is 99.5 Å². The van der Waals surface area contributed by atoms with Crippen LogP contribution < -0.4 is 14.5 Å². The average molecular weight is 630 g/mol. The van der Waals surface area contributed by atoms with E-state index in [1.54, 1.807) is 11.0 Å². The molecule has 0 unspecified atom stereocenters. The van der Waals surface area contributed by atoms with Crippen molar-refractivity contribution in [1.82, 2.24) is 35.2 Å². The predicted octanol–water partition coefficient (Wildman–Crippen LogP) is 4.93. The van der Waals surface area contributed by atoms with E-state index in [0.717, 1.165) is 70.2 Å². The number of amides is 1. The standard InChI is InChI=1S/C34H44FN9O2/c1-5-27-8-10-30(39-38-27)42-15-11-25(12-16-42)20-41-17-13-34(14-18-41)21-43(22-34)31-32(40-37-23-36-31)46-29-9-7-26(35)19-28(29)33(45)44(6-2)24(3)4/h5,7-10,19,23-25H,1,6,11-18,20-22H2,2-4H3. The number of halogens is 1. The molecular formula is C34H44FN9O2. The minimum absolute atomic E-state index is 0.0411. The van der Waals surface area contributed by atoms with Crippen LogP contribution in [0.3, 0.4) is 0 Å². The van der Waals surface area contributed by atoms with Gasteiger partial charge in [0.25, 0.3) is 11.8 Å². The van der Waals surface area contributed by atoms with E-state index in [2.05, 4.69) is 46.7 Å². The molecule has 0 radical (unpaired) electrons. The molecule has 3 aromatic rings. The van der Waals surface area contributed by atoms with E-state index in [4.69, 9.17) is 4.74 Å². The molecule has 1 amide bonds. The molecule has 0 atom stereocenters. The number of aromatic nitrogens is 5. The maximum Gasteiger partial charge on any atom is 0.282 e. The normalized spacial score (nSPS) is 18.5. The van der Waals surface area contributed by atoms with E-state index < -0.39 is 5.82 Å². The first-order valence-corrected chi connectivity index (χ1v) is 16.4. The Morgan fingerprint density at radius 2 is 1.85 bits per heavy atom. The SMILES string of the molecule is C=Cc1ccc(N2CCC(CN3CCC4(CC3)CN(c3ncnnc3Oc3ccc(F)cc3C(=O)N(CC)C(C)C)C4)CC2)nn1. The van der Waals surface area contributed by atoms with E-state index in [-0.39, 0.29) is 34.6 Å². The maximum atomic E-state index is 14.3. The molecule has 6 rings (SSSR count). The van der Waals surface area contributed by atoms with Crippen LogP contribution in [0.15, 0.2) is 43.2 Å². The number of hydrogen-bond acceptors (Lipinski definition) is 10. The summed E-state index contributed by atoms with van der Waals surface area (Å²) in [5, 5.41) is 16.8. The number of likely N-dealkylation sites (tertiary alicyclic amines) is 1. The summed E-state index contributed by atoms with van der Waals surface area (Å²) in [4.78, 5) is 26.6. The van der Waals surface area contributed by atoms with Crippen molar-refractivity contribution in [2.75, 3.05) is 62.2 Å². The van der Waals surface area contributed by atoms with E-state index in [1.165, 1.54) is 37.4 Å². The van der Waals surface area contributed by atoms with Crippen molar-refractivity contribution < 1.29 is 13.9 Å². The lowest BCUT2D eigenvalue weighted by atomic mass is 9.72. The summed E-state index contributed by atoms with van der Waals surface area (Å²) < 4.78 is 20.4. The summed E-state index contributed by atoms with van der Waals surface area (Å²) in [6, 6.07) is 7.95. The van der Waals surface area contributed by atoms with Crippen molar-refractivity contribution in [3.63, 3.8) is 0 Å². The van der Waals surface area contributed by atoms with Gasteiger partial charge in [0.05, 0.1) is 11.3 Å². The lowest BCUT2D eigenvalue weighted by Crippen LogP contribution is -2.61. The van der Waals surface area contributed by atoms with Gasteiger partial charge in [0.2, 0.25) is 0 Å². The summed E-state index contributed by atoms with van der Waals surface area (Å²) in [6.07, 6.45) is 7.74. The molecule has 3 aliphatic rings. The molecule has 3 aliphatic heterocycles. The Kier molecular flexibility index (Phi) is 9.44. The molecule has 244 valence electrons. The van der Waals surface area contributed by atoms with Gasteiger partial charge in [0.15, 0.2) is 11.6 Å². The van der Waals surface area contributed by atoms with Crippen LogP contribution in [-0.2, 0) is 0 Å². The van der Waals surface area contributed by atoms with Gasteiger partial charge in [-0.2, -0.15) is 0 Å². The third kappa shape index (κ3) is 6.81. The molecule has 3 fully saturated rings. The molecule has 46 heavy (non-hydrogen) atoms. The second-order valence-corrected chi connectivity index (χ2v) is 13.1. The van der Waals surface area contributed by atoms with Gasteiger partial charge < -0.3 is 24.3 Å². The van der Waals surface area contributed by atoms with Crippen LogP contribution in [0, 0.1) is 17.2 Å². The van der Waals surface area contributed by atoms with Gasteiger partial charge >= 0.3 is 0 Å². The lowest BCUT2D eigenvalue weighted by molar-refractivity contribution is 0.0640. The number of anilines is 2. The lowest BCUT2D eigenvalue weighted by Gasteiger charge is -2.54. The third-order valence-electron chi connectivity index (χ3n) is 9.78. The van der Waals surface area contributed by atoms with Crippen LogP contribution in [0.4, 0.5) is 16.0 Å². The van der Waals surface area contributed by atoms with Gasteiger partial charge in [-0.15, -0.1) is 20.4 Å². The molecular weight excluding hydrogens is 585 g/mol. The molecule has 2 aromatic heterocycles. The number of rotatable bonds is 10. The van der Waals surface area contributed by atoms with Crippen molar-refractivity contribution in [1.29, 1.82) is 0 Å². The Balaban J connectivity index is 1.02. The van der Waals surface area contributed by atoms with Gasteiger partial charge in [-0.3, -0.25) is 4.79 Å². The maximum absolute atomic E-state index is 14.3. The van der Waals surface area contributed by atoms with Crippen molar-refractivity contribution in [3.05, 3.63) is 60.3 Å². The number of nitrogens with zero attached hydrogens (tertiary/aromatic N) is 9. The smallest absolute Gasteiger partial charge is 0.282 e. The molecule has 1 spiro atoms. The highest BCUT2D eigenvalue weighted by atomic mass is 19.1. The largest absolute Gasteiger partial charge is 0.434 e. The number of benzene rings is 1. The summed E-state index contributed by atoms with van der Waals surface area (Å²) in [7, 11) is 0. The van der Waals surface area contributed by atoms with Crippen molar-refractivity contribution in [2.45, 2.75) is 52.5 Å². The number of ether oxygens (including phenoxy) is 1. The number of hydrogen-bond donors (Lipinski definition) is 0. The van der Waals surface area contributed by atoms with Crippen LogP contribution in [0.2, 0.25) is 0 Å². The highest BCUT2D eigenvalue weighted by molar-refractivity contribution is 5.97. The number of piperidine rings is 2. The first kappa shape index (κ1) is 31.8. The molecule has 12 heteroatoms. The third-order valence-corrected chi connectivity index (χ3v) is 9.78. The Labute approximate surface area is 270 Å². The Morgan fingerprint density at radius 1 is 1.09 bits per heavy atom. The zero-order valence-corrected chi connectivity index (χ0v) is 27.1. The molecule has 11 nitrogen and oxygen atoms in total. The second kappa shape index (κ2) is 13.7. The van der Waals surface area contributed by atoms with E-state index >= 15 is 0 Å². The minimum Gasteiger partial charge on any atom is -0.434 e. The summed E-state index contributed by atoms with van der Waals surface area (Å²) in [5.74, 6) is 1.91. The molecule has 0 bridgehead atoms. The monoisotopic (exact) mass is 629 g/mol. The Morgan fingerprint density at radius 3 is 2.50 bits per heavy atom. The zero-order chi connectivity index (χ0) is 32.3. The summed E-state index contributed by atoms with van der Waals surface area (Å²) >= 11 is 0. The van der Waals surface area contributed by atoms with Crippen LogP contribution >= 0.6 is 0 Å². The fourth-order valence-corrected chi connectivity index (χ4v) is 7.06. The molecule has 0 saturated carbocycles. The van der Waals surface area contributed by atoms with Gasteiger partial charge in [-0.05, 0) is 102 Å². The molecule has 1 aromatic carbocycles. The number of carbonyl (C=O) groups is 1. The zero-order valence-electron chi connectivity index (χ0n) is 27.1. The highest BCUT2D eigenvalue weighted by Gasteiger charge is 2.46. The van der Waals surface area contributed by atoms with Crippen molar-refractivity contribution in [3.8, 4) is 11.6 Å². The van der Waals surface area contributed by atoms with E-state index in [9.17, 15) is 9.18 Å².